The summed E-state index contributed by atoms with van der Waals surface area (Å²) in [4.78, 5) is 11.1. The lowest BCUT2D eigenvalue weighted by Crippen LogP contribution is -2.46. The Kier molecular flexibility index (Phi) is 9.67. The van der Waals surface area contributed by atoms with E-state index in [1.165, 1.54) is 5.56 Å². The van der Waals surface area contributed by atoms with Crippen molar-refractivity contribution in [3.8, 4) is 0 Å². The minimum atomic E-state index is 0. The molecular formula is C20H29ClIN5O2. The average Bonchev–Trinajstić information content (AvgIpc) is 3.04. The molecule has 0 amide bonds. The molecule has 1 unspecified atom stereocenters. The van der Waals surface area contributed by atoms with Gasteiger partial charge in [0.25, 0.3) is 0 Å². The second kappa shape index (κ2) is 11.7. The molecule has 0 radical (unpaired) electrons. The molecule has 2 aromatic rings. The van der Waals surface area contributed by atoms with E-state index in [9.17, 15) is 0 Å². The molecule has 0 saturated carbocycles. The highest BCUT2D eigenvalue weighted by molar-refractivity contribution is 14.0. The number of hydrogen-bond acceptors (Lipinski definition) is 5. The van der Waals surface area contributed by atoms with Crippen molar-refractivity contribution >= 4 is 41.5 Å². The number of rotatable bonds is 6. The number of morpholine rings is 1. The molecular weight excluding hydrogens is 505 g/mol. The number of aryl methyl sites for hydroxylation is 2. The van der Waals surface area contributed by atoms with E-state index >= 15 is 0 Å². The maximum atomic E-state index is 6.07. The number of halogens is 2. The first-order chi connectivity index (χ1) is 13.6. The quantitative estimate of drug-likeness (QED) is 0.337. The summed E-state index contributed by atoms with van der Waals surface area (Å²) in [5, 5.41) is 7.43. The summed E-state index contributed by atoms with van der Waals surface area (Å²) in [5.74, 6) is 2.20. The van der Waals surface area contributed by atoms with Crippen molar-refractivity contribution in [2.24, 2.45) is 4.99 Å². The third kappa shape index (κ3) is 6.84. The summed E-state index contributed by atoms with van der Waals surface area (Å²) in [6.07, 6.45) is 0. The number of aromatic nitrogens is 1. The van der Waals surface area contributed by atoms with Gasteiger partial charge in [0, 0.05) is 31.7 Å². The van der Waals surface area contributed by atoms with Gasteiger partial charge in [-0.05, 0) is 31.5 Å². The first-order valence-electron chi connectivity index (χ1n) is 9.51. The first kappa shape index (κ1) is 23.9. The zero-order valence-electron chi connectivity index (χ0n) is 17.1. The van der Waals surface area contributed by atoms with Gasteiger partial charge in [-0.15, -0.1) is 24.0 Å². The molecule has 1 aromatic heterocycles. The van der Waals surface area contributed by atoms with Crippen molar-refractivity contribution in [3.05, 3.63) is 52.2 Å². The number of guanidine groups is 1. The summed E-state index contributed by atoms with van der Waals surface area (Å²) in [7, 11) is 1.76. The first-order valence-corrected chi connectivity index (χ1v) is 9.89. The maximum absolute atomic E-state index is 6.07. The van der Waals surface area contributed by atoms with Crippen LogP contribution in [0, 0.1) is 13.8 Å². The highest BCUT2D eigenvalue weighted by Gasteiger charge is 2.23. The predicted molar refractivity (Wildman–Crippen MR) is 126 cm³/mol. The van der Waals surface area contributed by atoms with Crippen LogP contribution in [0.4, 0.5) is 0 Å². The summed E-state index contributed by atoms with van der Waals surface area (Å²) >= 11 is 6.07. The van der Waals surface area contributed by atoms with Gasteiger partial charge in [0.2, 0.25) is 5.89 Å². The van der Waals surface area contributed by atoms with Crippen LogP contribution in [0.25, 0.3) is 0 Å². The minimum absolute atomic E-state index is 0. The maximum Gasteiger partial charge on any atom is 0.214 e. The molecule has 1 fully saturated rings. The Morgan fingerprint density at radius 3 is 2.48 bits per heavy atom. The van der Waals surface area contributed by atoms with Crippen LogP contribution >= 0.6 is 35.6 Å². The Hall–Kier alpha value is -1.36. The van der Waals surface area contributed by atoms with E-state index in [2.05, 4.69) is 37.6 Å². The van der Waals surface area contributed by atoms with Gasteiger partial charge in [0.05, 0.1) is 31.5 Å². The molecule has 0 spiro atoms. The molecule has 1 aromatic carbocycles. The van der Waals surface area contributed by atoms with Crippen LogP contribution in [-0.2, 0) is 11.3 Å². The zero-order valence-corrected chi connectivity index (χ0v) is 20.2. The van der Waals surface area contributed by atoms with Gasteiger partial charge in [-0.3, -0.25) is 9.89 Å². The van der Waals surface area contributed by atoms with E-state index in [1.807, 2.05) is 26.0 Å². The van der Waals surface area contributed by atoms with E-state index < -0.39 is 0 Å². The van der Waals surface area contributed by atoms with Crippen LogP contribution in [0.2, 0.25) is 5.02 Å². The third-order valence-electron chi connectivity index (χ3n) is 4.91. The predicted octanol–water partition coefficient (Wildman–Crippen LogP) is 3.30. The Morgan fingerprint density at radius 2 is 1.90 bits per heavy atom. The molecule has 2 heterocycles. The van der Waals surface area contributed by atoms with Crippen LogP contribution in [0.15, 0.2) is 33.7 Å². The van der Waals surface area contributed by atoms with Crippen LogP contribution in [-0.4, -0.2) is 55.7 Å². The van der Waals surface area contributed by atoms with Crippen LogP contribution in [0.1, 0.15) is 29.0 Å². The summed E-state index contributed by atoms with van der Waals surface area (Å²) < 4.78 is 11.1. The fourth-order valence-corrected chi connectivity index (χ4v) is 3.35. The largest absolute Gasteiger partial charge is 0.444 e. The van der Waals surface area contributed by atoms with Crippen molar-refractivity contribution in [3.63, 3.8) is 0 Å². The molecule has 1 aliphatic heterocycles. The van der Waals surface area contributed by atoms with Gasteiger partial charge in [-0.25, -0.2) is 4.98 Å². The SMILES string of the molecule is CN=C(NCc1nc(C)c(C)o1)NCC(c1ccc(Cl)cc1)N1CCOCC1.I. The molecule has 1 atom stereocenters. The van der Waals surface area contributed by atoms with E-state index in [1.54, 1.807) is 7.05 Å². The lowest BCUT2D eigenvalue weighted by Gasteiger charge is -2.35. The van der Waals surface area contributed by atoms with Crippen LogP contribution in [0.5, 0.6) is 0 Å². The summed E-state index contributed by atoms with van der Waals surface area (Å²) in [5.41, 5.74) is 2.13. The Balaban J connectivity index is 0.00000300. The Labute approximate surface area is 194 Å². The van der Waals surface area contributed by atoms with Crippen molar-refractivity contribution < 1.29 is 9.15 Å². The number of hydrogen-bond donors (Lipinski definition) is 2. The lowest BCUT2D eigenvalue weighted by molar-refractivity contribution is 0.0170. The molecule has 0 aliphatic carbocycles. The van der Waals surface area contributed by atoms with Crippen molar-refractivity contribution in [1.29, 1.82) is 0 Å². The van der Waals surface area contributed by atoms with E-state index in [4.69, 9.17) is 20.8 Å². The highest BCUT2D eigenvalue weighted by atomic mass is 127. The van der Waals surface area contributed by atoms with Gasteiger partial charge in [0.15, 0.2) is 5.96 Å². The van der Waals surface area contributed by atoms with Crippen molar-refractivity contribution in [2.75, 3.05) is 39.9 Å². The van der Waals surface area contributed by atoms with Gasteiger partial charge in [-0.1, -0.05) is 23.7 Å². The summed E-state index contributed by atoms with van der Waals surface area (Å²) in [6.45, 7) is 8.35. The molecule has 1 aliphatic rings. The smallest absolute Gasteiger partial charge is 0.214 e. The number of aliphatic imine (C=N–C) groups is 1. The standard InChI is InChI=1S/C20H28ClN5O2.HI/c1-14-15(2)28-19(25-14)13-24-20(22-3)23-12-18(26-8-10-27-11-9-26)16-4-6-17(21)7-5-16;/h4-7,18H,8-13H2,1-3H3,(H2,22,23,24);1H. The fraction of sp³-hybridized carbons (Fsp3) is 0.500. The Bertz CT molecular complexity index is 771. The van der Waals surface area contributed by atoms with Gasteiger partial charge < -0.3 is 19.8 Å². The van der Waals surface area contributed by atoms with Gasteiger partial charge >= 0.3 is 0 Å². The van der Waals surface area contributed by atoms with E-state index in [0.29, 0.717) is 24.9 Å². The van der Waals surface area contributed by atoms with Crippen molar-refractivity contribution in [1.82, 2.24) is 20.5 Å². The molecule has 160 valence electrons. The monoisotopic (exact) mass is 533 g/mol. The second-order valence-electron chi connectivity index (χ2n) is 6.77. The van der Waals surface area contributed by atoms with E-state index in [-0.39, 0.29) is 30.0 Å². The fourth-order valence-electron chi connectivity index (χ4n) is 3.22. The van der Waals surface area contributed by atoms with Crippen LogP contribution < -0.4 is 10.6 Å². The molecule has 29 heavy (non-hydrogen) atoms. The van der Waals surface area contributed by atoms with E-state index in [0.717, 1.165) is 42.8 Å². The zero-order chi connectivity index (χ0) is 19.9. The molecule has 0 bridgehead atoms. The molecule has 1 saturated heterocycles. The Morgan fingerprint density at radius 1 is 1.21 bits per heavy atom. The normalized spacial score (nSPS) is 16.2. The highest BCUT2D eigenvalue weighted by Crippen LogP contribution is 2.23. The summed E-state index contributed by atoms with van der Waals surface area (Å²) in [6, 6.07) is 8.23. The molecule has 9 heteroatoms. The number of nitrogens with one attached hydrogen (secondary N) is 2. The number of benzene rings is 1. The average molecular weight is 534 g/mol. The molecule has 7 nitrogen and oxygen atoms in total. The molecule has 3 rings (SSSR count). The minimum Gasteiger partial charge on any atom is -0.444 e. The number of nitrogens with zero attached hydrogens (tertiary/aromatic N) is 3. The topological polar surface area (TPSA) is 74.9 Å². The van der Waals surface area contributed by atoms with Gasteiger partial charge in [-0.2, -0.15) is 0 Å². The number of ether oxygens (including phenoxy) is 1. The number of oxazole rings is 1. The molecule has 2 N–H and O–H groups in total. The van der Waals surface area contributed by atoms with Crippen molar-refractivity contribution in [2.45, 2.75) is 26.4 Å². The third-order valence-corrected chi connectivity index (χ3v) is 5.16. The second-order valence-corrected chi connectivity index (χ2v) is 7.21. The van der Waals surface area contributed by atoms with Gasteiger partial charge in [0.1, 0.15) is 5.76 Å². The van der Waals surface area contributed by atoms with Crippen LogP contribution in [0.3, 0.4) is 0 Å². The lowest BCUT2D eigenvalue weighted by atomic mass is 10.0.